The van der Waals surface area contributed by atoms with E-state index in [0.29, 0.717) is 5.75 Å². The fourth-order valence-corrected chi connectivity index (χ4v) is 2.40. The van der Waals surface area contributed by atoms with E-state index in [1.807, 2.05) is 54.6 Å². The summed E-state index contributed by atoms with van der Waals surface area (Å²) < 4.78 is 5.97. The topological polar surface area (TPSA) is 52.3 Å². The van der Waals surface area contributed by atoms with Gasteiger partial charge >= 0.3 is 0 Å². The largest absolute Gasteiger partial charge is 0.473 e. The van der Waals surface area contributed by atoms with Gasteiger partial charge in [-0.3, -0.25) is 4.79 Å². The van der Waals surface area contributed by atoms with E-state index in [2.05, 4.69) is 13.8 Å². The summed E-state index contributed by atoms with van der Waals surface area (Å²) in [5.41, 5.74) is 6.34. The van der Waals surface area contributed by atoms with Gasteiger partial charge in [0.15, 0.2) is 0 Å². The van der Waals surface area contributed by atoms with Gasteiger partial charge in [-0.15, -0.1) is 0 Å². The summed E-state index contributed by atoms with van der Waals surface area (Å²) in [6.07, 6.45) is 0. The molecule has 0 aliphatic rings. The minimum atomic E-state index is -1.19. The second-order valence-corrected chi connectivity index (χ2v) is 5.55. The third kappa shape index (κ3) is 3.07. The van der Waals surface area contributed by atoms with E-state index < -0.39 is 11.5 Å². The molecular weight excluding hydrogens is 262 g/mol. The first kappa shape index (κ1) is 15.1. The van der Waals surface area contributed by atoms with Crippen LogP contribution in [0.4, 0.5) is 0 Å². The van der Waals surface area contributed by atoms with Gasteiger partial charge in [-0.05, 0) is 30.5 Å². The first-order valence-electron chi connectivity index (χ1n) is 7.08. The summed E-state index contributed by atoms with van der Waals surface area (Å²) in [5.74, 6) is 0.399. The molecule has 0 fully saturated rings. The van der Waals surface area contributed by atoms with Crippen LogP contribution in [0, 0.1) is 0 Å². The number of hydrogen-bond acceptors (Lipinski definition) is 2. The van der Waals surface area contributed by atoms with Crippen molar-refractivity contribution in [2.24, 2.45) is 5.73 Å². The van der Waals surface area contributed by atoms with Crippen LogP contribution in [0.15, 0.2) is 54.6 Å². The normalized spacial score (nSPS) is 13.7. The van der Waals surface area contributed by atoms with Crippen LogP contribution in [0.2, 0.25) is 0 Å². The Labute approximate surface area is 125 Å². The number of primary amides is 1. The van der Waals surface area contributed by atoms with Gasteiger partial charge in [-0.1, -0.05) is 56.3 Å². The van der Waals surface area contributed by atoms with Gasteiger partial charge in [0, 0.05) is 5.56 Å². The average molecular weight is 283 g/mol. The summed E-state index contributed by atoms with van der Waals surface area (Å²) in [5, 5.41) is 0. The highest BCUT2D eigenvalue weighted by Gasteiger charge is 2.38. The zero-order valence-corrected chi connectivity index (χ0v) is 12.7. The quantitative estimate of drug-likeness (QED) is 0.911. The molecule has 0 saturated carbocycles. The van der Waals surface area contributed by atoms with Crippen LogP contribution in [-0.2, 0) is 10.4 Å². The maximum Gasteiger partial charge on any atom is 0.266 e. The van der Waals surface area contributed by atoms with Crippen molar-refractivity contribution < 1.29 is 9.53 Å². The van der Waals surface area contributed by atoms with Crippen molar-refractivity contribution in [2.45, 2.75) is 32.3 Å². The second-order valence-electron chi connectivity index (χ2n) is 5.55. The predicted octanol–water partition coefficient (Wildman–Crippen LogP) is 3.59. The minimum Gasteiger partial charge on any atom is -0.473 e. The molecule has 0 radical (unpaired) electrons. The van der Waals surface area contributed by atoms with Crippen LogP contribution >= 0.6 is 0 Å². The number of benzene rings is 2. The Morgan fingerprint density at radius 2 is 1.62 bits per heavy atom. The van der Waals surface area contributed by atoms with Crippen molar-refractivity contribution in [3.05, 3.63) is 65.7 Å². The molecule has 110 valence electrons. The van der Waals surface area contributed by atoms with Gasteiger partial charge < -0.3 is 10.5 Å². The maximum atomic E-state index is 12.1. The van der Waals surface area contributed by atoms with Crippen LogP contribution in [0.3, 0.4) is 0 Å². The fourth-order valence-electron chi connectivity index (χ4n) is 2.40. The molecule has 0 aliphatic heterocycles. The van der Waals surface area contributed by atoms with Crippen molar-refractivity contribution in [2.75, 3.05) is 0 Å². The molecule has 3 nitrogen and oxygen atoms in total. The van der Waals surface area contributed by atoms with Crippen LogP contribution in [0.5, 0.6) is 5.75 Å². The number of hydrogen-bond donors (Lipinski definition) is 1. The Morgan fingerprint density at radius 3 is 2.19 bits per heavy atom. The molecular formula is C18H21NO2. The van der Waals surface area contributed by atoms with Crippen molar-refractivity contribution in [3.63, 3.8) is 0 Å². The van der Waals surface area contributed by atoms with Crippen molar-refractivity contribution in [1.82, 2.24) is 0 Å². The van der Waals surface area contributed by atoms with Gasteiger partial charge in [0.1, 0.15) is 5.75 Å². The first-order valence-corrected chi connectivity index (χ1v) is 7.08. The summed E-state index contributed by atoms with van der Waals surface area (Å²) in [6, 6.07) is 17.0. The van der Waals surface area contributed by atoms with Gasteiger partial charge in [0.05, 0.1) is 0 Å². The third-order valence-electron chi connectivity index (χ3n) is 3.63. The molecule has 0 spiro atoms. The molecule has 2 N–H and O–H groups in total. The Kier molecular flexibility index (Phi) is 4.32. The van der Waals surface area contributed by atoms with Gasteiger partial charge in [-0.25, -0.2) is 0 Å². The van der Waals surface area contributed by atoms with E-state index >= 15 is 0 Å². The number of carbonyl (C=O) groups excluding carboxylic acids is 1. The molecule has 0 aromatic heterocycles. The van der Waals surface area contributed by atoms with Gasteiger partial charge in [0.25, 0.3) is 5.91 Å². The van der Waals surface area contributed by atoms with Crippen LogP contribution in [0.1, 0.15) is 37.8 Å². The highest BCUT2D eigenvalue weighted by atomic mass is 16.5. The zero-order chi connectivity index (χ0) is 15.5. The number of carbonyl (C=O) groups is 1. The molecule has 0 aliphatic carbocycles. The molecule has 2 aromatic carbocycles. The Balaban J connectivity index is 2.51. The highest BCUT2D eigenvalue weighted by Crippen LogP contribution is 2.33. The minimum absolute atomic E-state index is 0.277. The summed E-state index contributed by atoms with van der Waals surface area (Å²) in [7, 11) is 0. The van der Waals surface area contributed by atoms with E-state index in [0.717, 1.165) is 11.1 Å². The molecule has 2 rings (SSSR count). The number of nitrogens with two attached hydrogens (primary N) is 1. The Morgan fingerprint density at radius 1 is 1.05 bits per heavy atom. The first-order chi connectivity index (χ1) is 9.95. The Hall–Kier alpha value is -2.29. The summed E-state index contributed by atoms with van der Waals surface area (Å²) >= 11 is 0. The molecule has 0 saturated heterocycles. The number of ether oxygens (including phenoxy) is 1. The standard InChI is InChI=1S/C18H21NO2/c1-13(2)15-11-7-8-12-16(15)18(3,17(19)20)21-14-9-5-4-6-10-14/h4-13H,1-3H3,(H2,19,20). The lowest BCUT2D eigenvalue weighted by Gasteiger charge is -2.30. The molecule has 2 aromatic rings. The van der Waals surface area contributed by atoms with Crippen molar-refractivity contribution in [3.8, 4) is 5.75 Å². The van der Waals surface area contributed by atoms with E-state index in [4.69, 9.17) is 10.5 Å². The van der Waals surface area contributed by atoms with Crippen LogP contribution in [-0.4, -0.2) is 5.91 Å². The zero-order valence-electron chi connectivity index (χ0n) is 12.7. The second kappa shape index (κ2) is 6.00. The monoisotopic (exact) mass is 283 g/mol. The van der Waals surface area contributed by atoms with E-state index in [-0.39, 0.29) is 5.92 Å². The SMILES string of the molecule is CC(C)c1ccccc1C(C)(Oc1ccccc1)C(N)=O. The average Bonchev–Trinajstić information content (AvgIpc) is 2.48. The van der Waals surface area contributed by atoms with E-state index in [9.17, 15) is 4.79 Å². The number of para-hydroxylation sites is 1. The Bertz CT molecular complexity index is 622. The predicted molar refractivity (Wildman–Crippen MR) is 84.1 cm³/mol. The van der Waals surface area contributed by atoms with Crippen LogP contribution in [0.25, 0.3) is 0 Å². The molecule has 1 atom stereocenters. The molecule has 21 heavy (non-hydrogen) atoms. The smallest absolute Gasteiger partial charge is 0.266 e. The van der Waals surface area contributed by atoms with E-state index in [1.165, 1.54) is 0 Å². The van der Waals surface area contributed by atoms with Crippen molar-refractivity contribution in [1.29, 1.82) is 0 Å². The summed E-state index contributed by atoms with van der Waals surface area (Å²) in [4.78, 5) is 12.1. The lowest BCUT2D eigenvalue weighted by Crippen LogP contribution is -2.44. The summed E-state index contributed by atoms with van der Waals surface area (Å²) in [6.45, 7) is 5.90. The lowest BCUT2D eigenvalue weighted by molar-refractivity contribution is -0.132. The molecule has 3 heteroatoms. The molecule has 1 unspecified atom stereocenters. The molecule has 0 bridgehead atoms. The van der Waals surface area contributed by atoms with Crippen LogP contribution < -0.4 is 10.5 Å². The number of amides is 1. The lowest BCUT2D eigenvalue weighted by atomic mass is 9.86. The van der Waals surface area contributed by atoms with Crippen molar-refractivity contribution >= 4 is 5.91 Å². The third-order valence-corrected chi connectivity index (χ3v) is 3.63. The van der Waals surface area contributed by atoms with Gasteiger partial charge in [-0.2, -0.15) is 0 Å². The highest BCUT2D eigenvalue weighted by molar-refractivity contribution is 5.85. The fraction of sp³-hybridized carbons (Fsp3) is 0.278. The molecule has 0 heterocycles. The molecule has 1 amide bonds. The maximum absolute atomic E-state index is 12.1. The number of rotatable bonds is 5. The van der Waals surface area contributed by atoms with E-state index in [1.54, 1.807) is 6.92 Å². The van der Waals surface area contributed by atoms with Gasteiger partial charge in [0.2, 0.25) is 5.60 Å².